The summed E-state index contributed by atoms with van der Waals surface area (Å²) in [7, 11) is 0. The van der Waals surface area contributed by atoms with Crippen LogP contribution in [-0.4, -0.2) is 58.1 Å². The summed E-state index contributed by atoms with van der Waals surface area (Å²) < 4.78 is 18.6. The topological polar surface area (TPSA) is 45.7 Å². The number of pyridine rings is 1. The average Bonchev–Trinajstić information content (AvgIpc) is 3.20. The van der Waals surface area contributed by atoms with Crippen LogP contribution in [0.3, 0.4) is 0 Å². The lowest BCUT2D eigenvalue weighted by atomic mass is 9.73. The quantitative estimate of drug-likeness (QED) is 0.799. The number of hydrogen-bond acceptors (Lipinski definition) is 4. The molecule has 1 aromatic rings. The Bertz CT molecular complexity index is 817. The summed E-state index contributed by atoms with van der Waals surface area (Å²) in [6.45, 7) is 4.28. The maximum atomic E-state index is 13.6. The molecule has 4 unspecified atom stereocenters. The summed E-state index contributed by atoms with van der Waals surface area (Å²) in [4.78, 5) is 22.8. The monoisotopic (exact) mass is 371 g/mol. The number of morpholine rings is 1. The van der Waals surface area contributed by atoms with E-state index < -0.39 is 6.67 Å². The first kappa shape index (κ1) is 16.4. The first-order valence-corrected chi connectivity index (χ1v) is 10.3. The summed E-state index contributed by atoms with van der Waals surface area (Å²) in [6.07, 6.45) is 6.02. The van der Waals surface area contributed by atoms with Crippen LogP contribution in [0.1, 0.15) is 43.0 Å². The first-order valence-electron chi connectivity index (χ1n) is 10.3. The van der Waals surface area contributed by atoms with E-state index in [9.17, 15) is 9.18 Å². The molecule has 1 amide bonds. The Kier molecular flexibility index (Phi) is 3.35. The number of nitrogens with zero attached hydrogens (tertiary/aromatic N) is 3. The zero-order valence-corrected chi connectivity index (χ0v) is 15.7. The van der Waals surface area contributed by atoms with Crippen LogP contribution in [-0.2, 0) is 29.2 Å². The maximum absolute atomic E-state index is 13.6. The number of fused-ring (bicyclic) bond motifs is 3. The number of alkyl halides is 1. The molecule has 1 spiro atoms. The molecule has 6 rings (SSSR count). The number of aromatic nitrogens is 1. The van der Waals surface area contributed by atoms with Gasteiger partial charge in [0.05, 0.1) is 24.2 Å². The Morgan fingerprint density at radius 2 is 2.30 bits per heavy atom. The lowest BCUT2D eigenvalue weighted by molar-refractivity contribution is -0.226. The molecule has 1 aliphatic carbocycles. The second-order valence-electron chi connectivity index (χ2n) is 9.26. The number of halogens is 1. The van der Waals surface area contributed by atoms with Crippen LogP contribution in [0.15, 0.2) is 12.3 Å². The summed E-state index contributed by atoms with van der Waals surface area (Å²) >= 11 is 0. The van der Waals surface area contributed by atoms with E-state index in [4.69, 9.17) is 4.74 Å². The van der Waals surface area contributed by atoms with Crippen molar-refractivity contribution in [2.75, 3.05) is 13.2 Å². The Balaban J connectivity index is 1.26. The van der Waals surface area contributed by atoms with Crippen molar-refractivity contribution in [3.63, 3.8) is 0 Å². The van der Waals surface area contributed by atoms with Gasteiger partial charge < -0.3 is 9.64 Å². The third kappa shape index (κ3) is 2.06. The SMILES string of the molecule is CC1C2Cc3ncc(CF)cc3CN2C(=O)[C@]12CC[C@H](N1CC3OCC31)C2. The van der Waals surface area contributed by atoms with Crippen LogP contribution in [0.4, 0.5) is 4.39 Å². The predicted octanol–water partition coefficient (Wildman–Crippen LogP) is 2.08. The van der Waals surface area contributed by atoms with Crippen molar-refractivity contribution in [3.8, 4) is 0 Å². The van der Waals surface area contributed by atoms with E-state index in [0.717, 1.165) is 50.1 Å². The molecule has 5 nitrogen and oxygen atoms in total. The summed E-state index contributed by atoms with van der Waals surface area (Å²) in [5, 5.41) is 0. The van der Waals surface area contributed by atoms with Crippen molar-refractivity contribution >= 4 is 5.91 Å². The van der Waals surface area contributed by atoms with Gasteiger partial charge in [-0.1, -0.05) is 6.92 Å². The molecular formula is C21H26FN3O2. The van der Waals surface area contributed by atoms with E-state index in [1.807, 2.05) is 6.07 Å². The third-order valence-electron chi connectivity index (χ3n) is 8.27. The zero-order valence-electron chi connectivity index (χ0n) is 15.7. The third-order valence-corrected chi connectivity index (χ3v) is 8.27. The highest BCUT2D eigenvalue weighted by atomic mass is 19.1. The standard InChI is InChI=1S/C21H26FN3O2/c1-12-17-5-16-14(4-13(7-22)8-23-16)9-25(17)20(26)21(12)3-2-15(6-21)24-10-19-18(24)11-27-19/h4,8,12,15,17-19H,2-3,5-7,9-11H2,1H3/t12?,15-,17?,18?,19?,21-/m0/s1. The summed E-state index contributed by atoms with van der Waals surface area (Å²) in [5.41, 5.74) is 2.48. The molecule has 1 aromatic heterocycles. The maximum Gasteiger partial charge on any atom is 0.229 e. The molecule has 4 fully saturated rings. The molecule has 5 aliphatic rings. The molecule has 6 heteroatoms. The predicted molar refractivity (Wildman–Crippen MR) is 96.6 cm³/mol. The van der Waals surface area contributed by atoms with Crippen LogP contribution in [0, 0.1) is 11.3 Å². The minimum absolute atomic E-state index is 0.212. The molecule has 4 aliphatic heterocycles. The van der Waals surface area contributed by atoms with Gasteiger partial charge >= 0.3 is 0 Å². The van der Waals surface area contributed by atoms with E-state index >= 15 is 0 Å². The fourth-order valence-corrected chi connectivity index (χ4v) is 6.48. The number of amides is 1. The number of rotatable bonds is 2. The first-order chi connectivity index (χ1) is 13.1. The molecule has 0 aromatic carbocycles. The molecular weight excluding hydrogens is 345 g/mol. The number of carbonyl (C=O) groups is 1. The molecule has 144 valence electrons. The van der Waals surface area contributed by atoms with E-state index in [0.29, 0.717) is 42.1 Å². The minimum atomic E-state index is -0.499. The van der Waals surface area contributed by atoms with E-state index in [1.54, 1.807) is 6.20 Å². The Hall–Kier alpha value is -1.53. The van der Waals surface area contributed by atoms with Gasteiger partial charge in [0.1, 0.15) is 6.67 Å². The number of likely N-dealkylation sites (tertiary alicyclic amines) is 1. The normalized spacial score (nSPS) is 42.5. The largest absolute Gasteiger partial charge is 0.373 e. The Labute approximate surface area is 158 Å². The molecule has 27 heavy (non-hydrogen) atoms. The fraction of sp³-hybridized carbons (Fsp3) is 0.714. The minimum Gasteiger partial charge on any atom is -0.373 e. The van der Waals surface area contributed by atoms with Gasteiger partial charge in [0.15, 0.2) is 0 Å². The van der Waals surface area contributed by atoms with Gasteiger partial charge in [0, 0.05) is 49.0 Å². The molecule has 5 heterocycles. The van der Waals surface area contributed by atoms with Crippen LogP contribution in [0.2, 0.25) is 0 Å². The van der Waals surface area contributed by atoms with E-state index in [1.165, 1.54) is 0 Å². The van der Waals surface area contributed by atoms with Crippen molar-refractivity contribution in [3.05, 3.63) is 29.1 Å². The van der Waals surface area contributed by atoms with Gasteiger partial charge in [-0.05, 0) is 36.8 Å². The molecule has 1 saturated carbocycles. The summed E-state index contributed by atoms with van der Waals surface area (Å²) in [6, 6.07) is 3.27. The number of hydrogen-bond donors (Lipinski definition) is 0. The van der Waals surface area contributed by atoms with Gasteiger partial charge in [-0.3, -0.25) is 14.7 Å². The van der Waals surface area contributed by atoms with Crippen LogP contribution >= 0.6 is 0 Å². The molecule has 0 N–H and O–H groups in total. The summed E-state index contributed by atoms with van der Waals surface area (Å²) in [5.74, 6) is 0.682. The average molecular weight is 371 g/mol. The van der Waals surface area contributed by atoms with Crippen LogP contribution < -0.4 is 0 Å². The van der Waals surface area contributed by atoms with E-state index in [2.05, 4.69) is 21.7 Å². The van der Waals surface area contributed by atoms with Crippen molar-refractivity contribution in [2.24, 2.45) is 11.3 Å². The molecule has 6 atom stereocenters. The highest BCUT2D eigenvalue weighted by Crippen LogP contribution is 2.56. The lowest BCUT2D eigenvalue weighted by Gasteiger charge is -2.57. The lowest BCUT2D eigenvalue weighted by Crippen LogP contribution is -2.72. The zero-order chi connectivity index (χ0) is 18.3. The van der Waals surface area contributed by atoms with Gasteiger partial charge in [0.25, 0.3) is 0 Å². The highest BCUT2D eigenvalue weighted by molar-refractivity contribution is 5.87. The Morgan fingerprint density at radius 1 is 1.41 bits per heavy atom. The van der Waals surface area contributed by atoms with Gasteiger partial charge in [-0.25, -0.2) is 4.39 Å². The van der Waals surface area contributed by atoms with Crippen LogP contribution in [0.5, 0.6) is 0 Å². The van der Waals surface area contributed by atoms with Crippen LogP contribution in [0.25, 0.3) is 0 Å². The smallest absolute Gasteiger partial charge is 0.229 e. The van der Waals surface area contributed by atoms with Crippen molar-refractivity contribution in [1.29, 1.82) is 0 Å². The highest BCUT2D eigenvalue weighted by Gasteiger charge is 2.62. The second kappa shape index (κ2) is 5.51. The molecule has 3 saturated heterocycles. The van der Waals surface area contributed by atoms with Gasteiger partial charge in [0.2, 0.25) is 5.91 Å². The van der Waals surface area contributed by atoms with E-state index in [-0.39, 0.29) is 11.5 Å². The second-order valence-corrected chi connectivity index (χ2v) is 9.26. The van der Waals surface area contributed by atoms with Crippen molar-refractivity contribution < 1.29 is 13.9 Å². The van der Waals surface area contributed by atoms with Crippen molar-refractivity contribution in [2.45, 2.75) is 70.1 Å². The number of carbonyl (C=O) groups excluding carboxylic acids is 1. The number of ether oxygens (including phenoxy) is 1. The Morgan fingerprint density at radius 3 is 3.00 bits per heavy atom. The van der Waals surface area contributed by atoms with Crippen molar-refractivity contribution in [1.82, 2.24) is 14.8 Å². The van der Waals surface area contributed by atoms with Gasteiger partial charge in [-0.15, -0.1) is 0 Å². The van der Waals surface area contributed by atoms with Gasteiger partial charge in [-0.2, -0.15) is 0 Å². The fourth-order valence-electron chi connectivity index (χ4n) is 6.48. The molecule has 0 bridgehead atoms. The molecule has 0 radical (unpaired) electrons.